The van der Waals surface area contributed by atoms with E-state index < -0.39 is 26.5 Å². The third kappa shape index (κ3) is 60.7. The molecule has 2 atom stereocenters. The van der Waals surface area contributed by atoms with E-state index in [1.807, 2.05) is 21.1 Å². The van der Waals surface area contributed by atoms with Crippen LogP contribution < -0.4 is 4.89 Å². The highest BCUT2D eigenvalue weighted by Crippen LogP contribution is 2.38. The zero-order valence-electron chi connectivity index (χ0n) is 50.2. The van der Waals surface area contributed by atoms with Crippen molar-refractivity contribution >= 4 is 19.8 Å². The predicted octanol–water partition coefficient (Wildman–Crippen LogP) is 19.4. The zero-order valence-corrected chi connectivity index (χ0v) is 51.1. The molecular formula is C66H120NO8P. The molecule has 0 aliphatic carbocycles. The molecule has 0 aliphatic heterocycles. The van der Waals surface area contributed by atoms with Crippen molar-refractivity contribution in [1.82, 2.24) is 0 Å². The number of hydrogen-bond acceptors (Lipinski definition) is 8. The molecule has 0 saturated carbocycles. The van der Waals surface area contributed by atoms with Gasteiger partial charge in [0, 0.05) is 12.8 Å². The van der Waals surface area contributed by atoms with E-state index in [2.05, 4.69) is 86.8 Å². The monoisotopic (exact) mass is 1090 g/mol. The molecule has 0 aromatic rings. The molecule has 0 N–H and O–H groups in total. The normalized spacial score (nSPS) is 13.7. The van der Waals surface area contributed by atoms with Gasteiger partial charge in [-0.2, -0.15) is 0 Å². The second-order valence-corrected chi connectivity index (χ2v) is 23.8. The fraction of sp³-hybridized carbons (Fsp3) is 0.788. The van der Waals surface area contributed by atoms with E-state index >= 15 is 0 Å². The van der Waals surface area contributed by atoms with E-state index in [1.165, 1.54) is 180 Å². The van der Waals surface area contributed by atoms with Crippen molar-refractivity contribution < 1.29 is 42.1 Å². The SMILES string of the molecule is CC/C=C\C/C=C\C/C=C\C/C=C\CCCCCCCCCCCCCCC(=O)OC(COC(=O)CCCCCCCCCCCCCCCCC/C=C\C/C=C\CCCCCCC)COP(=O)([O-])OCC[N+](C)(C)C. The summed E-state index contributed by atoms with van der Waals surface area (Å²) >= 11 is 0. The van der Waals surface area contributed by atoms with Gasteiger partial charge < -0.3 is 27.9 Å². The van der Waals surface area contributed by atoms with Crippen molar-refractivity contribution in [3.63, 3.8) is 0 Å². The van der Waals surface area contributed by atoms with Crippen LogP contribution in [0.5, 0.6) is 0 Å². The van der Waals surface area contributed by atoms with Crippen LogP contribution in [-0.2, 0) is 32.7 Å². The summed E-state index contributed by atoms with van der Waals surface area (Å²) in [6, 6.07) is 0. The van der Waals surface area contributed by atoms with Crippen molar-refractivity contribution in [2.75, 3.05) is 47.5 Å². The van der Waals surface area contributed by atoms with Crippen LogP contribution in [0.25, 0.3) is 0 Å². The summed E-state index contributed by atoms with van der Waals surface area (Å²) in [6.07, 6.45) is 75.3. The lowest BCUT2D eigenvalue weighted by Crippen LogP contribution is -2.37. The lowest BCUT2D eigenvalue weighted by molar-refractivity contribution is -0.870. The summed E-state index contributed by atoms with van der Waals surface area (Å²) < 4.78 is 34.2. The highest BCUT2D eigenvalue weighted by atomic mass is 31.2. The van der Waals surface area contributed by atoms with Gasteiger partial charge in [0.2, 0.25) is 0 Å². The molecule has 2 unspecified atom stereocenters. The average Bonchev–Trinajstić information content (AvgIpc) is 3.38. The van der Waals surface area contributed by atoms with E-state index in [0.29, 0.717) is 17.4 Å². The smallest absolute Gasteiger partial charge is 0.306 e. The van der Waals surface area contributed by atoms with Crippen LogP contribution in [0.2, 0.25) is 0 Å². The van der Waals surface area contributed by atoms with Crippen LogP contribution in [0.4, 0.5) is 0 Å². The van der Waals surface area contributed by atoms with Crippen LogP contribution in [0, 0.1) is 0 Å². The third-order valence-corrected chi connectivity index (χ3v) is 14.7. The first kappa shape index (κ1) is 73.5. The Labute approximate surface area is 469 Å². The van der Waals surface area contributed by atoms with E-state index in [1.54, 1.807) is 0 Å². The number of phosphoric acid groups is 1. The van der Waals surface area contributed by atoms with Crippen LogP contribution in [0.1, 0.15) is 284 Å². The highest BCUT2D eigenvalue weighted by Gasteiger charge is 2.22. The Morgan fingerprint density at radius 2 is 0.750 bits per heavy atom. The number of hydrogen-bond donors (Lipinski definition) is 0. The second-order valence-electron chi connectivity index (χ2n) is 22.4. The fourth-order valence-corrected chi connectivity index (χ4v) is 9.58. The minimum Gasteiger partial charge on any atom is -0.756 e. The predicted molar refractivity (Wildman–Crippen MR) is 323 cm³/mol. The molecule has 0 aromatic carbocycles. The summed E-state index contributed by atoms with van der Waals surface area (Å²) in [4.78, 5) is 38.0. The second kappa shape index (κ2) is 57.1. The molecule has 0 rings (SSSR count). The molecule has 442 valence electrons. The fourth-order valence-electron chi connectivity index (χ4n) is 8.86. The van der Waals surface area contributed by atoms with Crippen molar-refractivity contribution in [1.29, 1.82) is 0 Å². The zero-order chi connectivity index (χ0) is 55.6. The topological polar surface area (TPSA) is 111 Å². The quantitative estimate of drug-likeness (QED) is 0.0195. The number of nitrogens with zero attached hydrogens (tertiary/aromatic N) is 1. The molecule has 0 spiro atoms. The maximum absolute atomic E-state index is 12.8. The average molecular weight is 1090 g/mol. The molecule has 10 heteroatoms. The Hall–Kier alpha value is -2.55. The maximum atomic E-state index is 12.8. The Kier molecular flexibility index (Phi) is 55.2. The first-order valence-corrected chi connectivity index (χ1v) is 33.1. The molecular weight excluding hydrogens is 966 g/mol. The summed E-state index contributed by atoms with van der Waals surface area (Å²) in [5, 5.41) is 0. The molecule has 76 heavy (non-hydrogen) atoms. The Bertz CT molecular complexity index is 1510. The van der Waals surface area contributed by atoms with Crippen molar-refractivity contribution in [3.8, 4) is 0 Å². The van der Waals surface area contributed by atoms with Gasteiger partial charge in [-0.1, -0.05) is 260 Å². The van der Waals surface area contributed by atoms with Gasteiger partial charge in [0.15, 0.2) is 6.10 Å². The van der Waals surface area contributed by atoms with E-state index in [0.717, 1.165) is 70.6 Å². The lowest BCUT2D eigenvalue weighted by Gasteiger charge is -2.28. The third-order valence-electron chi connectivity index (χ3n) is 13.7. The van der Waals surface area contributed by atoms with Gasteiger partial charge in [0.1, 0.15) is 19.8 Å². The standard InChI is InChI=1S/C66H120NO8P/c1-6-8-10-12-14-16-18-20-22-24-26-28-30-32-33-35-36-38-40-42-44-46-48-50-52-54-56-58-65(68)72-62-64(63-74-76(70,71)73-61-60-67(3,4)5)75-66(69)59-57-55-53-51-49-47-45-43-41-39-37-34-31-29-27-25-23-21-19-17-15-13-11-9-7-2/h9,11,15,17-18,20-21,23-24,26-27,29,64H,6-8,10,12-14,16,19,22,25,28,30-63H2,1-5H3/b11-9-,17-15-,20-18-,23-21-,26-24-,29-27-. The molecule has 0 amide bonds. The number of likely N-dealkylation sites (N-methyl/N-ethyl adjacent to an activating group) is 1. The minimum absolute atomic E-state index is 0.0326. The first-order valence-electron chi connectivity index (χ1n) is 31.6. The van der Waals surface area contributed by atoms with E-state index in [9.17, 15) is 19.0 Å². The summed E-state index contributed by atoms with van der Waals surface area (Å²) in [6.45, 7) is 4.15. The molecule has 0 fully saturated rings. The molecule has 0 bridgehead atoms. The van der Waals surface area contributed by atoms with E-state index in [4.69, 9.17) is 18.5 Å². The number of ether oxygens (including phenoxy) is 2. The molecule has 0 heterocycles. The number of quaternary nitrogens is 1. The lowest BCUT2D eigenvalue weighted by atomic mass is 10.0. The van der Waals surface area contributed by atoms with Gasteiger partial charge in [0.05, 0.1) is 27.7 Å². The Morgan fingerprint density at radius 3 is 1.12 bits per heavy atom. The van der Waals surface area contributed by atoms with Crippen LogP contribution >= 0.6 is 7.82 Å². The number of carbonyl (C=O) groups is 2. The summed E-state index contributed by atoms with van der Waals surface area (Å²) in [5.41, 5.74) is 0. The number of esters is 2. The van der Waals surface area contributed by atoms with Crippen molar-refractivity contribution in [3.05, 3.63) is 72.9 Å². The molecule has 0 radical (unpaired) electrons. The number of unbranched alkanes of at least 4 members (excludes halogenated alkanes) is 32. The highest BCUT2D eigenvalue weighted by molar-refractivity contribution is 7.45. The number of allylic oxidation sites excluding steroid dienone is 12. The molecule has 0 aromatic heterocycles. The number of carbonyl (C=O) groups excluding carboxylic acids is 2. The maximum Gasteiger partial charge on any atom is 0.306 e. The Balaban J connectivity index is 4.10. The largest absolute Gasteiger partial charge is 0.756 e. The van der Waals surface area contributed by atoms with E-state index in [-0.39, 0.29) is 32.0 Å². The number of rotatable bonds is 58. The Morgan fingerprint density at radius 1 is 0.421 bits per heavy atom. The molecule has 0 aliphatic rings. The van der Waals surface area contributed by atoms with Crippen LogP contribution in [0.3, 0.4) is 0 Å². The summed E-state index contributed by atoms with van der Waals surface area (Å²) in [5.74, 6) is -0.828. The van der Waals surface area contributed by atoms with Gasteiger partial charge in [-0.25, -0.2) is 0 Å². The van der Waals surface area contributed by atoms with Gasteiger partial charge in [-0.3, -0.25) is 14.2 Å². The first-order chi connectivity index (χ1) is 37.0. The molecule has 9 nitrogen and oxygen atoms in total. The van der Waals surface area contributed by atoms with Crippen molar-refractivity contribution in [2.45, 2.75) is 290 Å². The number of phosphoric ester groups is 1. The van der Waals surface area contributed by atoms with Gasteiger partial charge in [0.25, 0.3) is 7.82 Å². The minimum atomic E-state index is -4.64. The van der Waals surface area contributed by atoms with Gasteiger partial charge in [-0.15, -0.1) is 0 Å². The van der Waals surface area contributed by atoms with Crippen LogP contribution in [-0.4, -0.2) is 70.0 Å². The van der Waals surface area contributed by atoms with Gasteiger partial charge >= 0.3 is 11.9 Å². The van der Waals surface area contributed by atoms with Gasteiger partial charge in [-0.05, 0) is 83.5 Å². The van der Waals surface area contributed by atoms with Crippen molar-refractivity contribution in [2.24, 2.45) is 0 Å². The van der Waals surface area contributed by atoms with Crippen LogP contribution in [0.15, 0.2) is 72.9 Å². The molecule has 0 saturated heterocycles. The summed E-state index contributed by atoms with van der Waals surface area (Å²) in [7, 11) is 1.17.